The van der Waals surface area contributed by atoms with Gasteiger partial charge in [-0.1, -0.05) is 42.5 Å². The van der Waals surface area contributed by atoms with Crippen LogP contribution in [-0.4, -0.2) is 11.2 Å². The van der Waals surface area contributed by atoms with Crippen LogP contribution < -0.4 is 0 Å². The van der Waals surface area contributed by atoms with Crippen LogP contribution in [0.15, 0.2) is 30.3 Å². The molecule has 1 atom stereocenters. The highest BCUT2D eigenvalue weighted by molar-refractivity contribution is 7.81. The van der Waals surface area contributed by atoms with Crippen LogP contribution in [0.25, 0.3) is 0 Å². The molecule has 0 N–H and O–H groups in total. The van der Waals surface area contributed by atoms with Gasteiger partial charge in [0.05, 0.1) is 5.41 Å². The van der Waals surface area contributed by atoms with Gasteiger partial charge in [-0.05, 0) is 18.4 Å². The highest BCUT2D eigenvalue weighted by Crippen LogP contribution is 2.43. The van der Waals surface area contributed by atoms with Gasteiger partial charge in [0.2, 0.25) is 0 Å². The van der Waals surface area contributed by atoms with E-state index in [2.05, 4.69) is 0 Å². The molecule has 0 spiro atoms. The maximum atomic E-state index is 10.8. The number of benzene rings is 1. The molecule has 1 aliphatic carbocycles. The second-order valence-electron chi connectivity index (χ2n) is 3.54. The highest BCUT2D eigenvalue weighted by Gasteiger charge is 2.49. The fourth-order valence-electron chi connectivity index (χ4n) is 1.51. The van der Waals surface area contributed by atoms with Crippen molar-refractivity contribution in [2.45, 2.75) is 12.8 Å². The Morgan fingerprint density at radius 3 is 2.46 bits per heavy atom. The van der Waals surface area contributed by atoms with Crippen LogP contribution in [0.4, 0.5) is 0 Å². The number of hydrogen-bond acceptors (Lipinski definition) is 2. The van der Waals surface area contributed by atoms with Crippen LogP contribution in [-0.2, 0) is 11.2 Å². The molecule has 1 nitrogen and oxygen atoms in total. The smallest absolute Gasteiger partial charge is 0.131 e. The molecule has 0 saturated heterocycles. The van der Waals surface area contributed by atoms with Crippen molar-refractivity contribution in [1.29, 1.82) is 0 Å². The quantitative estimate of drug-likeness (QED) is 0.537. The Bertz CT molecular complexity index is 344. The van der Waals surface area contributed by atoms with E-state index in [1.54, 1.807) is 0 Å². The zero-order chi connectivity index (χ0) is 9.31. The lowest BCUT2D eigenvalue weighted by Gasteiger charge is -2.04. The van der Waals surface area contributed by atoms with Gasteiger partial charge in [-0.15, -0.1) is 0 Å². The van der Waals surface area contributed by atoms with Crippen molar-refractivity contribution >= 4 is 23.4 Å². The summed E-state index contributed by atoms with van der Waals surface area (Å²) in [6.45, 7) is 0. The predicted octanol–water partition coefficient (Wildman–Crippen LogP) is 2.19. The lowest BCUT2D eigenvalue weighted by molar-refractivity contribution is -0.111. The third-order valence-corrected chi connectivity index (χ3v) is 3.05. The molecule has 2 rings (SSSR count). The first kappa shape index (κ1) is 8.57. The van der Waals surface area contributed by atoms with Gasteiger partial charge in [-0.25, -0.2) is 0 Å². The normalized spacial score (nSPS) is 25.7. The second-order valence-corrected chi connectivity index (χ2v) is 4.03. The van der Waals surface area contributed by atoms with Crippen LogP contribution >= 0.6 is 12.2 Å². The Kier molecular flexibility index (Phi) is 2.00. The van der Waals surface area contributed by atoms with E-state index >= 15 is 0 Å². The summed E-state index contributed by atoms with van der Waals surface area (Å²) in [5.41, 5.74) is 0.894. The fraction of sp³-hybridized carbons (Fsp3) is 0.273. The Morgan fingerprint density at radius 1 is 1.38 bits per heavy atom. The second kappa shape index (κ2) is 3.04. The SMILES string of the molecule is O=CC1(Cc2ccccc2)CC1=S. The van der Waals surface area contributed by atoms with Crippen LogP contribution in [0.3, 0.4) is 0 Å². The van der Waals surface area contributed by atoms with Gasteiger partial charge in [-0.3, -0.25) is 0 Å². The predicted molar refractivity (Wildman–Crippen MR) is 55.9 cm³/mol. The van der Waals surface area contributed by atoms with E-state index in [4.69, 9.17) is 12.2 Å². The third-order valence-electron chi connectivity index (χ3n) is 2.49. The van der Waals surface area contributed by atoms with Crippen molar-refractivity contribution in [3.8, 4) is 0 Å². The maximum Gasteiger partial charge on any atom is 0.131 e. The Labute approximate surface area is 82.8 Å². The molecule has 0 aromatic heterocycles. The van der Waals surface area contributed by atoms with Crippen LogP contribution in [0, 0.1) is 5.41 Å². The van der Waals surface area contributed by atoms with E-state index in [9.17, 15) is 4.79 Å². The minimum atomic E-state index is -0.295. The molecule has 66 valence electrons. The number of aldehydes is 1. The summed E-state index contributed by atoms with van der Waals surface area (Å²) in [4.78, 5) is 11.7. The summed E-state index contributed by atoms with van der Waals surface area (Å²) in [6.07, 6.45) is 2.57. The summed E-state index contributed by atoms with van der Waals surface area (Å²) in [5.74, 6) is 0. The van der Waals surface area contributed by atoms with Crippen LogP contribution in [0.1, 0.15) is 12.0 Å². The molecule has 0 amide bonds. The van der Waals surface area contributed by atoms with Gasteiger partial charge < -0.3 is 4.79 Å². The largest absolute Gasteiger partial charge is 0.302 e. The van der Waals surface area contributed by atoms with E-state index in [-0.39, 0.29) is 5.41 Å². The molecular formula is C11H10OS. The van der Waals surface area contributed by atoms with E-state index in [1.807, 2.05) is 30.3 Å². The summed E-state index contributed by atoms with van der Waals surface area (Å²) < 4.78 is 0. The lowest BCUT2D eigenvalue weighted by atomic mass is 9.98. The van der Waals surface area contributed by atoms with Crippen LogP contribution in [0.5, 0.6) is 0 Å². The van der Waals surface area contributed by atoms with E-state index in [1.165, 1.54) is 5.56 Å². The highest BCUT2D eigenvalue weighted by atomic mass is 32.1. The molecule has 1 aromatic carbocycles. The average Bonchev–Trinajstić information content (AvgIpc) is 2.79. The number of hydrogen-bond donors (Lipinski definition) is 0. The molecule has 13 heavy (non-hydrogen) atoms. The molecule has 1 aromatic rings. The molecular weight excluding hydrogens is 180 g/mol. The van der Waals surface area contributed by atoms with Gasteiger partial charge in [0.25, 0.3) is 0 Å². The third kappa shape index (κ3) is 1.54. The van der Waals surface area contributed by atoms with Crippen molar-refractivity contribution in [3.63, 3.8) is 0 Å². The van der Waals surface area contributed by atoms with Crippen LogP contribution in [0.2, 0.25) is 0 Å². The molecule has 0 heterocycles. The fourth-order valence-corrected chi connectivity index (χ4v) is 1.89. The first-order valence-electron chi connectivity index (χ1n) is 4.30. The van der Waals surface area contributed by atoms with Crippen molar-refractivity contribution in [3.05, 3.63) is 35.9 Å². The van der Waals surface area contributed by atoms with Gasteiger partial charge in [0, 0.05) is 4.86 Å². The van der Waals surface area contributed by atoms with Crippen molar-refractivity contribution < 1.29 is 4.79 Å². The molecule has 2 heteroatoms. The molecule has 0 aliphatic heterocycles. The molecule has 0 bridgehead atoms. The van der Waals surface area contributed by atoms with E-state index < -0.39 is 0 Å². The summed E-state index contributed by atoms with van der Waals surface area (Å²) in [7, 11) is 0. The topological polar surface area (TPSA) is 17.1 Å². The monoisotopic (exact) mass is 190 g/mol. The van der Waals surface area contributed by atoms with Gasteiger partial charge in [0.1, 0.15) is 6.29 Å². The first-order valence-corrected chi connectivity index (χ1v) is 4.71. The molecule has 1 unspecified atom stereocenters. The molecule has 0 radical (unpaired) electrons. The first-order chi connectivity index (χ1) is 6.27. The molecule has 1 aliphatic rings. The number of carbonyl (C=O) groups excluding carboxylic acids is 1. The number of thiocarbonyl (C=S) groups is 1. The Morgan fingerprint density at radius 2 is 2.00 bits per heavy atom. The zero-order valence-corrected chi connectivity index (χ0v) is 8.01. The van der Waals surface area contributed by atoms with Gasteiger partial charge in [0.15, 0.2) is 0 Å². The van der Waals surface area contributed by atoms with Gasteiger partial charge >= 0.3 is 0 Å². The number of carbonyl (C=O) groups is 1. The Balaban J connectivity index is 2.15. The summed E-state index contributed by atoms with van der Waals surface area (Å²) in [6, 6.07) is 10.0. The van der Waals surface area contributed by atoms with Gasteiger partial charge in [-0.2, -0.15) is 0 Å². The van der Waals surface area contributed by atoms with Crippen molar-refractivity contribution in [1.82, 2.24) is 0 Å². The molecule has 1 saturated carbocycles. The summed E-state index contributed by atoms with van der Waals surface area (Å²) >= 11 is 5.05. The standard InChI is InChI=1S/C11H10OS/c12-8-11(7-10(11)13)6-9-4-2-1-3-5-9/h1-5,8H,6-7H2. The van der Waals surface area contributed by atoms with E-state index in [0.29, 0.717) is 0 Å². The maximum absolute atomic E-state index is 10.8. The Hall–Kier alpha value is -1.02. The average molecular weight is 190 g/mol. The van der Waals surface area contributed by atoms with Crippen molar-refractivity contribution in [2.75, 3.05) is 0 Å². The molecule has 1 fully saturated rings. The van der Waals surface area contributed by atoms with Crippen molar-refractivity contribution in [2.24, 2.45) is 5.41 Å². The lowest BCUT2D eigenvalue weighted by Crippen LogP contribution is -2.08. The minimum Gasteiger partial charge on any atom is -0.302 e. The summed E-state index contributed by atoms with van der Waals surface area (Å²) in [5, 5.41) is 0. The van der Waals surface area contributed by atoms with E-state index in [0.717, 1.165) is 24.0 Å². The minimum absolute atomic E-state index is 0.295. The number of rotatable bonds is 3. The zero-order valence-electron chi connectivity index (χ0n) is 7.19.